The Morgan fingerprint density at radius 1 is 1.19 bits per heavy atom. The van der Waals surface area contributed by atoms with Crippen LogP contribution in [0.4, 0.5) is 0 Å². The molecule has 6 nitrogen and oxygen atoms in total. The van der Waals surface area contributed by atoms with Crippen LogP contribution in [-0.2, 0) is 4.79 Å². The first-order chi connectivity index (χ1) is 9.90. The smallest absolute Gasteiger partial charge is 0.329 e. The van der Waals surface area contributed by atoms with Gasteiger partial charge in [-0.05, 0) is 37.8 Å². The molecule has 1 atom stereocenters. The highest BCUT2D eigenvalue weighted by Crippen LogP contribution is 2.40. The fourth-order valence-corrected chi connectivity index (χ4v) is 2.24. The summed E-state index contributed by atoms with van der Waals surface area (Å²) in [4.78, 5) is 23.8. The molecule has 0 aromatic heterocycles. The molecule has 0 bridgehead atoms. The van der Waals surface area contributed by atoms with Crippen LogP contribution in [0.3, 0.4) is 0 Å². The molecule has 2 rings (SSSR count). The van der Waals surface area contributed by atoms with Gasteiger partial charge in [-0.2, -0.15) is 0 Å². The van der Waals surface area contributed by atoms with Crippen LogP contribution in [0.2, 0.25) is 0 Å². The molecule has 1 amide bonds. The first kappa shape index (κ1) is 15.2. The van der Waals surface area contributed by atoms with E-state index in [4.69, 9.17) is 9.47 Å². The Hall–Kier alpha value is -2.24. The Morgan fingerprint density at radius 3 is 2.10 bits per heavy atom. The highest BCUT2D eigenvalue weighted by Gasteiger charge is 2.48. The second kappa shape index (κ2) is 5.63. The van der Waals surface area contributed by atoms with Crippen LogP contribution in [0.25, 0.3) is 0 Å². The van der Waals surface area contributed by atoms with Crippen molar-refractivity contribution >= 4 is 11.9 Å². The van der Waals surface area contributed by atoms with Crippen LogP contribution in [0.1, 0.15) is 30.1 Å². The zero-order valence-electron chi connectivity index (χ0n) is 12.3. The van der Waals surface area contributed by atoms with Crippen LogP contribution < -0.4 is 14.8 Å². The van der Waals surface area contributed by atoms with Gasteiger partial charge in [-0.15, -0.1) is 0 Å². The van der Waals surface area contributed by atoms with E-state index in [1.807, 2.05) is 0 Å². The van der Waals surface area contributed by atoms with Crippen molar-refractivity contribution < 1.29 is 24.2 Å². The lowest BCUT2D eigenvalue weighted by atomic mass is 9.95. The number of methoxy groups -OCH3 is 2. The molecule has 1 fully saturated rings. The monoisotopic (exact) mass is 293 g/mol. The molecule has 1 aliphatic carbocycles. The number of aliphatic carboxylic acids is 1. The number of carboxylic acid groups (broad SMARTS) is 1. The molecular formula is C15H19NO5. The molecule has 6 heteroatoms. The maximum Gasteiger partial charge on any atom is 0.329 e. The molecular weight excluding hydrogens is 274 g/mol. The topological polar surface area (TPSA) is 84.9 Å². The number of carboxylic acids is 1. The van der Waals surface area contributed by atoms with E-state index in [2.05, 4.69) is 5.32 Å². The highest BCUT2D eigenvalue weighted by molar-refractivity contribution is 5.98. The first-order valence-electron chi connectivity index (χ1n) is 6.69. The lowest BCUT2D eigenvalue weighted by Gasteiger charge is -2.26. The summed E-state index contributed by atoms with van der Waals surface area (Å²) >= 11 is 0. The third kappa shape index (κ3) is 3.09. The molecule has 0 heterocycles. The summed E-state index contributed by atoms with van der Waals surface area (Å²) in [5.41, 5.74) is -0.938. The minimum atomic E-state index is -1.24. The Morgan fingerprint density at radius 2 is 1.71 bits per heavy atom. The second-order valence-electron chi connectivity index (χ2n) is 5.34. The predicted octanol–water partition coefficient (Wildman–Crippen LogP) is 1.69. The van der Waals surface area contributed by atoms with E-state index >= 15 is 0 Å². The van der Waals surface area contributed by atoms with Crippen molar-refractivity contribution in [1.29, 1.82) is 0 Å². The second-order valence-corrected chi connectivity index (χ2v) is 5.34. The van der Waals surface area contributed by atoms with Gasteiger partial charge < -0.3 is 19.9 Å². The SMILES string of the molecule is COc1cc(OC)cc(C(=O)NC(C)(C(=O)O)C2CC2)c1. The van der Waals surface area contributed by atoms with Crippen molar-refractivity contribution in [2.75, 3.05) is 14.2 Å². The molecule has 0 spiro atoms. The highest BCUT2D eigenvalue weighted by atomic mass is 16.5. The third-order valence-electron chi connectivity index (χ3n) is 3.82. The van der Waals surface area contributed by atoms with Crippen LogP contribution in [0.15, 0.2) is 18.2 Å². The van der Waals surface area contributed by atoms with Gasteiger partial charge >= 0.3 is 5.97 Å². The number of carbonyl (C=O) groups excluding carboxylic acids is 1. The summed E-state index contributed by atoms with van der Waals surface area (Å²) in [5, 5.41) is 12.0. The summed E-state index contributed by atoms with van der Waals surface area (Å²) in [6.07, 6.45) is 1.62. The standard InChI is InChI=1S/C15H19NO5/c1-15(14(18)19,10-4-5-10)16-13(17)9-6-11(20-2)8-12(7-9)21-3/h6-8,10H,4-5H2,1-3H3,(H,16,17)(H,18,19). The molecule has 1 aromatic rings. The Labute approximate surface area is 123 Å². The quantitative estimate of drug-likeness (QED) is 0.833. The first-order valence-corrected chi connectivity index (χ1v) is 6.69. The van der Waals surface area contributed by atoms with E-state index in [-0.39, 0.29) is 5.92 Å². The molecule has 1 saturated carbocycles. The van der Waals surface area contributed by atoms with Gasteiger partial charge in [0.1, 0.15) is 17.0 Å². The lowest BCUT2D eigenvalue weighted by Crippen LogP contribution is -2.54. The number of hydrogen-bond acceptors (Lipinski definition) is 4. The minimum absolute atomic E-state index is 0.0218. The molecule has 114 valence electrons. The molecule has 1 aliphatic rings. The average molecular weight is 293 g/mol. The number of hydrogen-bond donors (Lipinski definition) is 2. The summed E-state index contributed by atoms with van der Waals surface area (Å²) in [6.45, 7) is 1.54. The minimum Gasteiger partial charge on any atom is -0.497 e. The van der Waals surface area contributed by atoms with Crippen molar-refractivity contribution in [3.8, 4) is 11.5 Å². The van der Waals surface area contributed by atoms with E-state index in [0.29, 0.717) is 17.1 Å². The fraction of sp³-hybridized carbons (Fsp3) is 0.467. The summed E-state index contributed by atoms with van der Waals surface area (Å²) in [5.74, 6) is -0.547. The molecule has 0 aliphatic heterocycles. The van der Waals surface area contributed by atoms with Gasteiger partial charge in [0.05, 0.1) is 14.2 Å². The maximum atomic E-state index is 12.3. The molecule has 2 N–H and O–H groups in total. The van der Waals surface area contributed by atoms with Crippen molar-refractivity contribution in [3.05, 3.63) is 23.8 Å². The Balaban J connectivity index is 2.25. The van der Waals surface area contributed by atoms with E-state index in [1.54, 1.807) is 25.1 Å². The van der Waals surface area contributed by atoms with E-state index in [0.717, 1.165) is 12.8 Å². The van der Waals surface area contributed by atoms with Crippen LogP contribution in [0.5, 0.6) is 11.5 Å². The third-order valence-corrected chi connectivity index (χ3v) is 3.82. The number of rotatable bonds is 6. The van der Waals surface area contributed by atoms with Gasteiger partial charge in [-0.25, -0.2) is 4.79 Å². The summed E-state index contributed by atoms with van der Waals surface area (Å²) < 4.78 is 10.2. The van der Waals surface area contributed by atoms with Gasteiger partial charge in [-0.1, -0.05) is 0 Å². The molecule has 0 saturated heterocycles. The largest absolute Gasteiger partial charge is 0.497 e. The summed E-state index contributed by atoms with van der Waals surface area (Å²) in [6, 6.07) is 4.74. The van der Waals surface area contributed by atoms with Gasteiger partial charge in [0.2, 0.25) is 0 Å². The van der Waals surface area contributed by atoms with Gasteiger partial charge in [0.25, 0.3) is 5.91 Å². The van der Waals surface area contributed by atoms with E-state index in [1.165, 1.54) is 14.2 Å². The Kier molecular flexibility index (Phi) is 4.06. The van der Waals surface area contributed by atoms with Crippen molar-refractivity contribution in [2.45, 2.75) is 25.3 Å². The average Bonchev–Trinajstić information content (AvgIpc) is 3.31. The van der Waals surface area contributed by atoms with Crippen molar-refractivity contribution in [1.82, 2.24) is 5.32 Å². The van der Waals surface area contributed by atoms with Crippen molar-refractivity contribution in [3.63, 3.8) is 0 Å². The van der Waals surface area contributed by atoms with Crippen LogP contribution in [0, 0.1) is 5.92 Å². The van der Waals surface area contributed by atoms with Crippen LogP contribution >= 0.6 is 0 Å². The zero-order chi connectivity index (χ0) is 15.6. The Bertz CT molecular complexity index is 545. The molecule has 0 radical (unpaired) electrons. The maximum absolute atomic E-state index is 12.3. The zero-order valence-corrected chi connectivity index (χ0v) is 12.3. The molecule has 1 unspecified atom stereocenters. The predicted molar refractivity (Wildman–Crippen MR) is 75.8 cm³/mol. The number of amides is 1. The number of ether oxygens (including phenoxy) is 2. The van der Waals surface area contributed by atoms with Crippen molar-refractivity contribution in [2.24, 2.45) is 5.92 Å². The normalized spacial score (nSPS) is 16.7. The molecule has 1 aromatic carbocycles. The number of benzene rings is 1. The van der Waals surface area contributed by atoms with Gasteiger partial charge in [0.15, 0.2) is 0 Å². The van der Waals surface area contributed by atoms with E-state index in [9.17, 15) is 14.7 Å². The summed E-state index contributed by atoms with van der Waals surface area (Å²) in [7, 11) is 2.98. The fourth-order valence-electron chi connectivity index (χ4n) is 2.24. The lowest BCUT2D eigenvalue weighted by molar-refractivity contribution is -0.144. The van der Waals surface area contributed by atoms with Gasteiger partial charge in [0, 0.05) is 11.6 Å². The molecule has 21 heavy (non-hydrogen) atoms. The van der Waals surface area contributed by atoms with Gasteiger partial charge in [-0.3, -0.25) is 4.79 Å². The van der Waals surface area contributed by atoms with Crippen LogP contribution in [-0.4, -0.2) is 36.7 Å². The number of nitrogens with one attached hydrogen (secondary N) is 1. The van der Waals surface area contributed by atoms with E-state index < -0.39 is 17.4 Å². The number of carbonyl (C=O) groups is 2.